The van der Waals surface area contributed by atoms with Crippen molar-refractivity contribution in [3.8, 4) is 0 Å². The molecule has 0 saturated heterocycles. The number of carbonyl (C=O) groups excluding carboxylic acids is 2. The Kier molecular flexibility index (Phi) is 39.0. The average molecular weight is 810 g/mol. The molecule has 10 heteroatoms. The van der Waals surface area contributed by atoms with Crippen molar-refractivity contribution in [2.45, 2.75) is 123 Å². The van der Waals surface area contributed by atoms with Gasteiger partial charge in [-0.25, -0.2) is 4.57 Å². The van der Waals surface area contributed by atoms with Crippen molar-refractivity contribution in [3.05, 3.63) is 134 Å². The van der Waals surface area contributed by atoms with Crippen LogP contribution in [-0.2, 0) is 27.9 Å². The van der Waals surface area contributed by atoms with Gasteiger partial charge in [0.25, 0.3) is 0 Å². The first-order valence-electron chi connectivity index (χ1n) is 20.7. The summed E-state index contributed by atoms with van der Waals surface area (Å²) in [6.45, 7) is 3.12. The summed E-state index contributed by atoms with van der Waals surface area (Å²) in [6.07, 6.45) is 58.3. The lowest BCUT2D eigenvalue weighted by molar-refractivity contribution is -0.147. The third kappa shape index (κ3) is 43.1. The number of phosphoric ester groups is 1. The third-order valence-electron chi connectivity index (χ3n) is 7.59. The van der Waals surface area contributed by atoms with E-state index >= 15 is 0 Å². The summed E-state index contributed by atoms with van der Waals surface area (Å²) in [6, 6.07) is 0. The molecule has 0 radical (unpaired) electrons. The van der Waals surface area contributed by atoms with Crippen LogP contribution < -0.4 is 5.32 Å². The van der Waals surface area contributed by atoms with Gasteiger partial charge in [-0.2, -0.15) is 0 Å². The van der Waals surface area contributed by atoms with E-state index in [1.165, 1.54) is 0 Å². The molecule has 1 amide bonds. The smallest absolute Gasteiger partial charge is 0.463 e. The predicted octanol–water partition coefficient (Wildman–Crippen LogP) is 11.5. The highest BCUT2D eigenvalue weighted by atomic mass is 31.2. The number of aliphatic hydroxyl groups excluding tert-OH is 1. The van der Waals surface area contributed by atoms with Gasteiger partial charge in [0, 0.05) is 19.4 Å². The van der Waals surface area contributed by atoms with Crippen molar-refractivity contribution in [1.29, 1.82) is 0 Å². The number of ether oxygens (including phenoxy) is 1. The highest BCUT2D eigenvalue weighted by Crippen LogP contribution is 2.42. The first-order chi connectivity index (χ1) is 27.8. The SMILES string of the molecule is CC/C=C\C/C=C\C/C=C\C/C=C\C/C=C\C/C=C\CCC(=O)OCC(O)COP(=O)(O)OCCNC(=O)CCC/C=C\C/C=C\C/C=C\C/C=C\C/C=C\CC. The summed E-state index contributed by atoms with van der Waals surface area (Å²) in [7, 11) is -4.46. The minimum atomic E-state index is -4.46. The van der Waals surface area contributed by atoms with Crippen LogP contribution in [0.5, 0.6) is 0 Å². The third-order valence-corrected chi connectivity index (χ3v) is 8.57. The van der Waals surface area contributed by atoms with Crippen LogP contribution in [0.3, 0.4) is 0 Å². The summed E-state index contributed by atoms with van der Waals surface area (Å²) in [5.41, 5.74) is 0. The molecule has 9 nitrogen and oxygen atoms in total. The minimum absolute atomic E-state index is 0.0331. The maximum atomic E-state index is 12.1. The molecule has 0 aromatic rings. The van der Waals surface area contributed by atoms with Crippen LogP contribution in [0, 0.1) is 0 Å². The Balaban J connectivity index is 3.83. The van der Waals surface area contributed by atoms with Crippen LogP contribution in [-0.4, -0.2) is 54.3 Å². The molecule has 0 aliphatic carbocycles. The van der Waals surface area contributed by atoms with Crippen LogP contribution in [0.25, 0.3) is 0 Å². The number of rotatable bonds is 36. The molecule has 0 aliphatic heterocycles. The van der Waals surface area contributed by atoms with Crippen LogP contribution >= 0.6 is 7.82 Å². The van der Waals surface area contributed by atoms with E-state index in [4.69, 9.17) is 13.8 Å². The normalized spacial score (nSPS) is 14.7. The van der Waals surface area contributed by atoms with E-state index in [1.54, 1.807) is 0 Å². The predicted molar refractivity (Wildman–Crippen MR) is 237 cm³/mol. The van der Waals surface area contributed by atoms with E-state index in [1.807, 2.05) is 12.2 Å². The molecular weight excluding hydrogens is 737 g/mol. The second-order valence-corrected chi connectivity index (χ2v) is 14.3. The van der Waals surface area contributed by atoms with Gasteiger partial charge >= 0.3 is 13.8 Å². The Morgan fingerprint density at radius 3 is 1.35 bits per heavy atom. The maximum Gasteiger partial charge on any atom is 0.472 e. The number of carbonyl (C=O) groups is 2. The Hall–Kier alpha value is -3.85. The number of hydrogen-bond donors (Lipinski definition) is 3. The van der Waals surface area contributed by atoms with Crippen molar-refractivity contribution in [3.63, 3.8) is 0 Å². The summed E-state index contributed by atoms with van der Waals surface area (Å²) in [5, 5.41) is 12.6. The second kappa shape index (κ2) is 41.8. The lowest BCUT2D eigenvalue weighted by Gasteiger charge is -2.15. The lowest BCUT2D eigenvalue weighted by Crippen LogP contribution is -2.27. The number of phosphoric acid groups is 1. The number of aliphatic hydroxyl groups is 1. The van der Waals surface area contributed by atoms with Crippen molar-refractivity contribution >= 4 is 19.7 Å². The monoisotopic (exact) mass is 809 g/mol. The Morgan fingerprint density at radius 1 is 0.544 bits per heavy atom. The fourth-order valence-corrected chi connectivity index (χ4v) is 5.31. The molecular formula is C47H72NO8P. The summed E-state index contributed by atoms with van der Waals surface area (Å²) < 4.78 is 26.7. The molecule has 0 bridgehead atoms. The lowest BCUT2D eigenvalue weighted by atomic mass is 10.2. The van der Waals surface area contributed by atoms with E-state index < -0.39 is 26.5 Å². The topological polar surface area (TPSA) is 131 Å². The Morgan fingerprint density at radius 2 is 0.930 bits per heavy atom. The first-order valence-corrected chi connectivity index (χ1v) is 22.2. The molecule has 0 aromatic carbocycles. The van der Waals surface area contributed by atoms with Gasteiger partial charge in [0.1, 0.15) is 12.7 Å². The molecule has 57 heavy (non-hydrogen) atoms. The average Bonchev–Trinajstić information content (AvgIpc) is 3.20. The van der Waals surface area contributed by atoms with Gasteiger partial charge < -0.3 is 20.1 Å². The summed E-state index contributed by atoms with van der Waals surface area (Å²) in [5.74, 6) is -0.677. The Labute approximate surface area is 344 Å². The number of amides is 1. The van der Waals surface area contributed by atoms with Crippen molar-refractivity contribution in [2.24, 2.45) is 0 Å². The van der Waals surface area contributed by atoms with Gasteiger partial charge in [-0.3, -0.25) is 18.6 Å². The van der Waals surface area contributed by atoms with Gasteiger partial charge in [0.2, 0.25) is 5.91 Å². The van der Waals surface area contributed by atoms with E-state index in [-0.39, 0.29) is 32.1 Å². The van der Waals surface area contributed by atoms with Gasteiger partial charge in [-0.15, -0.1) is 0 Å². The van der Waals surface area contributed by atoms with Crippen molar-refractivity contribution in [2.75, 3.05) is 26.4 Å². The molecule has 2 unspecified atom stereocenters. The highest BCUT2D eigenvalue weighted by Gasteiger charge is 2.23. The van der Waals surface area contributed by atoms with Crippen LogP contribution in [0.2, 0.25) is 0 Å². The summed E-state index contributed by atoms with van der Waals surface area (Å²) in [4.78, 5) is 33.8. The van der Waals surface area contributed by atoms with E-state index in [0.717, 1.165) is 77.0 Å². The molecule has 318 valence electrons. The Bertz CT molecular complexity index is 1380. The fraction of sp³-hybridized carbons (Fsp3) is 0.489. The standard InChI is InChI=1S/C47H72NO8P/c1-3-5-7-9-11-13-15-17-19-21-22-24-26-28-30-32-34-36-38-40-47(51)54-43-45(49)44-56-57(52,53)55-42-41-48-46(50)39-37-35-33-31-29-27-25-23-20-18-16-14-12-10-8-6-4-2/h5-8,11-14,17-20,22,24-25,27-28,30-31,33-34,36,45,49H,3-4,9-10,15-16,21,23,26,29,32,35,37-44H2,1-2H3,(H,48,50)(H,52,53)/b7-5-,8-6-,13-11-,14-12-,19-17-,20-18-,24-22-,27-25-,30-28-,33-31-,36-34-. The van der Waals surface area contributed by atoms with Gasteiger partial charge in [0.15, 0.2) is 0 Å². The maximum absolute atomic E-state index is 12.1. The minimum Gasteiger partial charge on any atom is -0.463 e. The number of allylic oxidation sites excluding steroid dienone is 22. The molecule has 0 spiro atoms. The first kappa shape index (κ1) is 53.1. The zero-order valence-corrected chi connectivity index (χ0v) is 35.6. The molecule has 3 N–H and O–H groups in total. The number of esters is 1. The molecule has 0 fully saturated rings. The molecule has 0 aliphatic rings. The van der Waals surface area contributed by atoms with Gasteiger partial charge in [0.05, 0.1) is 13.2 Å². The molecule has 0 rings (SSSR count). The van der Waals surface area contributed by atoms with Crippen molar-refractivity contribution in [1.82, 2.24) is 5.32 Å². The highest BCUT2D eigenvalue weighted by molar-refractivity contribution is 7.47. The largest absolute Gasteiger partial charge is 0.472 e. The van der Waals surface area contributed by atoms with Gasteiger partial charge in [-0.05, 0) is 89.9 Å². The van der Waals surface area contributed by atoms with E-state index in [9.17, 15) is 24.2 Å². The fourth-order valence-electron chi connectivity index (χ4n) is 4.56. The zero-order chi connectivity index (χ0) is 41.8. The van der Waals surface area contributed by atoms with Crippen LogP contribution in [0.15, 0.2) is 134 Å². The molecule has 0 heterocycles. The zero-order valence-electron chi connectivity index (χ0n) is 34.7. The van der Waals surface area contributed by atoms with E-state index in [0.29, 0.717) is 19.3 Å². The van der Waals surface area contributed by atoms with Crippen molar-refractivity contribution < 1.29 is 37.9 Å². The molecule has 0 saturated carbocycles. The van der Waals surface area contributed by atoms with Gasteiger partial charge in [-0.1, -0.05) is 148 Å². The summed E-state index contributed by atoms with van der Waals surface area (Å²) >= 11 is 0. The molecule has 2 atom stereocenters. The number of hydrogen-bond acceptors (Lipinski definition) is 7. The van der Waals surface area contributed by atoms with E-state index in [2.05, 4.69) is 141 Å². The number of unbranched alkanes of at least 4 members (excludes halogenated alkanes) is 1. The second-order valence-electron chi connectivity index (χ2n) is 12.8. The van der Waals surface area contributed by atoms with Crippen LogP contribution in [0.4, 0.5) is 0 Å². The van der Waals surface area contributed by atoms with Crippen LogP contribution in [0.1, 0.15) is 117 Å². The molecule has 0 aromatic heterocycles. The number of nitrogens with one attached hydrogen (secondary N) is 1. The quantitative estimate of drug-likeness (QED) is 0.0247.